The van der Waals surface area contributed by atoms with Gasteiger partial charge in [-0.15, -0.1) is 0 Å². The first-order valence-electron chi connectivity index (χ1n) is 12.8. The summed E-state index contributed by atoms with van der Waals surface area (Å²) >= 11 is 1.02. The zero-order valence-electron chi connectivity index (χ0n) is 23.3. The normalized spacial score (nSPS) is 11.7. The Morgan fingerprint density at radius 3 is 2.13 bits per heavy atom. The molecule has 9 nitrogen and oxygen atoms in total. The Morgan fingerprint density at radius 1 is 0.897 bits per heavy atom. The molecule has 0 fully saturated rings. The van der Waals surface area contributed by atoms with Gasteiger partial charge in [0.25, 0.3) is 0 Å². The average molecular weight is 557 g/mol. The Kier molecular flexibility index (Phi) is 9.55. The van der Waals surface area contributed by atoms with E-state index in [1.807, 2.05) is 45.0 Å². The van der Waals surface area contributed by atoms with E-state index in [2.05, 4.69) is 4.98 Å². The molecule has 39 heavy (non-hydrogen) atoms. The number of aldehydes is 1. The van der Waals surface area contributed by atoms with E-state index in [0.717, 1.165) is 34.3 Å². The molecule has 1 heterocycles. The number of benzene rings is 2. The molecule has 1 N–H and O–H groups in total. The maximum atomic E-state index is 13.0. The molecule has 3 rings (SSSR count). The number of nitrogens with zero attached hydrogens (tertiary/aromatic N) is 1. The van der Waals surface area contributed by atoms with Crippen LogP contribution in [0.1, 0.15) is 58.2 Å². The number of amides is 1. The Labute approximate surface area is 232 Å². The summed E-state index contributed by atoms with van der Waals surface area (Å²) in [6.45, 7) is 11.4. The van der Waals surface area contributed by atoms with Gasteiger partial charge in [-0.05, 0) is 77.1 Å². The van der Waals surface area contributed by atoms with Crippen molar-refractivity contribution in [1.29, 1.82) is 0 Å². The molecule has 0 aliphatic heterocycles. The topological polar surface area (TPSA) is 115 Å². The molecule has 3 aromatic rings. The number of thiazole rings is 1. The lowest BCUT2D eigenvalue weighted by molar-refractivity contribution is -0.107. The molecule has 0 saturated carbocycles. The van der Waals surface area contributed by atoms with Crippen molar-refractivity contribution in [1.82, 2.24) is 9.88 Å². The van der Waals surface area contributed by atoms with Crippen LogP contribution in [0, 0.1) is 0 Å². The summed E-state index contributed by atoms with van der Waals surface area (Å²) in [7, 11) is 0. The number of ether oxygens (including phenoxy) is 3. The minimum atomic E-state index is -0.862. The zero-order valence-corrected chi connectivity index (χ0v) is 24.1. The van der Waals surface area contributed by atoms with Crippen molar-refractivity contribution in [2.45, 2.75) is 72.0 Å². The first-order chi connectivity index (χ1) is 18.2. The van der Waals surface area contributed by atoms with Gasteiger partial charge in [0.1, 0.15) is 23.0 Å². The Morgan fingerprint density at radius 2 is 1.51 bits per heavy atom. The van der Waals surface area contributed by atoms with Gasteiger partial charge in [0, 0.05) is 19.5 Å². The lowest BCUT2D eigenvalue weighted by Crippen LogP contribution is -2.39. The monoisotopic (exact) mass is 556 g/mol. The molecule has 210 valence electrons. The summed E-state index contributed by atoms with van der Waals surface area (Å²) < 4.78 is 16.9. The molecule has 1 amide bonds. The van der Waals surface area contributed by atoms with Crippen LogP contribution in [0.15, 0.2) is 41.2 Å². The second-order valence-electron chi connectivity index (χ2n) is 11.2. The second kappa shape index (κ2) is 12.5. The second-order valence-corrected chi connectivity index (χ2v) is 12.1. The van der Waals surface area contributed by atoms with Crippen molar-refractivity contribution < 1.29 is 28.6 Å². The number of carbonyl (C=O) groups excluding carboxylic acids is 3. The predicted molar refractivity (Wildman–Crippen MR) is 151 cm³/mol. The fraction of sp³-hybridized carbons (Fsp3) is 0.448. The van der Waals surface area contributed by atoms with Crippen molar-refractivity contribution in [2.75, 3.05) is 13.1 Å². The van der Waals surface area contributed by atoms with E-state index in [4.69, 9.17) is 14.2 Å². The smallest absolute Gasteiger partial charge is 0.444 e. The van der Waals surface area contributed by atoms with E-state index in [1.165, 1.54) is 0 Å². The number of fused-ring (bicyclic) bond motifs is 1. The number of rotatable bonds is 9. The lowest BCUT2D eigenvalue weighted by atomic mass is 10.1. The van der Waals surface area contributed by atoms with Crippen LogP contribution in [0.25, 0.3) is 10.2 Å². The first kappa shape index (κ1) is 29.9. The van der Waals surface area contributed by atoms with E-state index in [9.17, 15) is 19.2 Å². The SMILES string of the molecule is CC(C)(C)OC(=O)Oc1ccc(CCN(CCc2ccc(CC=O)cc2)C(=O)OC(C)(C)C)c2sc(=O)[nH]c12. The molecule has 0 radical (unpaired) electrons. The number of aromatic amines is 1. The van der Waals surface area contributed by atoms with Crippen LogP contribution in [0.2, 0.25) is 0 Å². The van der Waals surface area contributed by atoms with Gasteiger partial charge in [0.05, 0.1) is 4.70 Å². The number of hydrogen-bond donors (Lipinski definition) is 1. The number of H-pyrrole nitrogens is 1. The summed E-state index contributed by atoms with van der Waals surface area (Å²) in [4.78, 5) is 52.3. The highest BCUT2D eigenvalue weighted by Crippen LogP contribution is 2.30. The van der Waals surface area contributed by atoms with Gasteiger partial charge in [-0.25, -0.2) is 9.59 Å². The molecule has 0 aliphatic carbocycles. The quantitative estimate of drug-likeness (QED) is 0.205. The molecule has 2 aromatic carbocycles. The Hall–Kier alpha value is -3.66. The van der Waals surface area contributed by atoms with Crippen molar-refractivity contribution in [3.63, 3.8) is 0 Å². The van der Waals surface area contributed by atoms with Gasteiger partial charge in [0.15, 0.2) is 5.75 Å². The molecular formula is C29H36N2O7S. The van der Waals surface area contributed by atoms with Crippen LogP contribution in [0.3, 0.4) is 0 Å². The first-order valence-corrected chi connectivity index (χ1v) is 13.6. The summed E-state index contributed by atoms with van der Waals surface area (Å²) in [5, 5.41) is 0. The highest BCUT2D eigenvalue weighted by molar-refractivity contribution is 7.16. The molecular weight excluding hydrogens is 520 g/mol. The van der Waals surface area contributed by atoms with E-state index in [0.29, 0.717) is 42.6 Å². The number of aromatic nitrogens is 1. The van der Waals surface area contributed by atoms with Gasteiger partial charge in [0.2, 0.25) is 0 Å². The highest BCUT2D eigenvalue weighted by atomic mass is 32.1. The van der Waals surface area contributed by atoms with Gasteiger partial charge >= 0.3 is 17.1 Å². The number of nitrogens with one attached hydrogen (secondary N) is 1. The van der Waals surface area contributed by atoms with Crippen LogP contribution in [-0.4, -0.2) is 52.7 Å². The maximum Gasteiger partial charge on any atom is 0.514 e. The fourth-order valence-electron chi connectivity index (χ4n) is 3.78. The van der Waals surface area contributed by atoms with Gasteiger partial charge in [-0.1, -0.05) is 41.7 Å². The molecule has 0 unspecified atom stereocenters. The number of hydrogen-bond acceptors (Lipinski definition) is 8. The maximum absolute atomic E-state index is 13.0. The van der Waals surface area contributed by atoms with E-state index >= 15 is 0 Å². The summed E-state index contributed by atoms with van der Waals surface area (Å²) in [6, 6.07) is 11.1. The van der Waals surface area contributed by atoms with Crippen LogP contribution in [-0.2, 0) is 33.5 Å². The van der Waals surface area contributed by atoms with Gasteiger partial charge < -0.3 is 28.9 Å². The van der Waals surface area contributed by atoms with Crippen molar-refractivity contribution >= 4 is 40.1 Å². The third-order valence-electron chi connectivity index (χ3n) is 5.52. The highest BCUT2D eigenvalue weighted by Gasteiger charge is 2.24. The van der Waals surface area contributed by atoms with E-state index in [-0.39, 0.29) is 10.6 Å². The average Bonchev–Trinajstić information content (AvgIpc) is 3.21. The third kappa shape index (κ3) is 9.24. The summed E-state index contributed by atoms with van der Waals surface area (Å²) in [6.07, 6.45) is 1.01. The number of carbonyl (C=O) groups is 3. The Bertz CT molecular complexity index is 1360. The molecule has 10 heteroatoms. The van der Waals surface area contributed by atoms with Crippen LogP contribution >= 0.6 is 11.3 Å². The van der Waals surface area contributed by atoms with Gasteiger partial charge in [-0.3, -0.25) is 4.79 Å². The van der Waals surface area contributed by atoms with Gasteiger partial charge in [-0.2, -0.15) is 0 Å². The largest absolute Gasteiger partial charge is 0.514 e. The minimum Gasteiger partial charge on any atom is -0.444 e. The zero-order chi connectivity index (χ0) is 28.8. The van der Waals surface area contributed by atoms with Crippen molar-refractivity contribution in [3.05, 3.63) is 62.8 Å². The third-order valence-corrected chi connectivity index (χ3v) is 6.48. The predicted octanol–water partition coefficient (Wildman–Crippen LogP) is 5.67. The molecule has 0 aliphatic rings. The Balaban J connectivity index is 1.78. The van der Waals surface area contributed by atoms with Crippen LogP contribution in [0.4, 0.5) is 9.59 Å². The molecule has 0 spiro atoms. The molecule has 0 bridgehead atoms. The standard InChI is InChI=1S/C29H36N2O7S/c1-28(2,3)37-26(34)31(16-13-19-7-9-20(10-8-19)15-18-32)17-14-21-11-12-22(23-24(21)39-25(33)30-23)36-27(35)38-29(4,5)6/h7-12,18H,13-17H2,1-6H3,(H,30,33). The summed E-state index contributed by atoms with van der Waals surface area (Å²) in [5.41, 5.74) is 1.84. The minimum absolute atomic E-state index is 0.198. The fourth-order valence-corrected chi connectivity index (χ4v) is 4.68. The lowest BCUT2D eigenvalue weighted by Gasteiger charge is -2.27. The van der Waals surface area contributed by atoms with Crippen LogP contribution in [0.5, 0.6) is 5.75 Å². The van der Waals surface area contributed by atoms with E-state index in [1.54, 1.807) is 37.8 Å². The van der Waals surface area contributed by atoms with Crippen molar-refractivity contribution in [3.8, 4) is 5.75 Å². The summed E-state index contributed by atoms with van der Waals surface area (Å²) in [5.74, 6) is 0.198. The van der Waals surface area contributed by atoms with Crippen molar-refractivity contribution in [2.24, 2.45) is 0 Å². The molecule has 0 saturated heterocycles. The molecule has 0 atom stereocenters. The van der Waals surface area contributed by atoms with Crippen LogP contribution < -0.4 is 9.61 Å². The van der Waals surface area contributed by atoms with E-state index < -0.39 is 23.5 Å². The molecule has 1 aromatic heterocycles.